The molecule has 24 heavy (non-hydrogen) atoms. The van der Waals surface area contributed by atoms with Crippen molar-refractivity contribution in [1.82, 2.24) is 19.7 Å². The summed E-state index contributed by atoms with van der Waals surface area (Å²) < 4.78 is 1.38. The van der Waals surface area contributed by atoms with E-state index >= 15 is 0 Å². The molecule has 3 aromatic heterocycles. The van der Waals surface area contributed by atoms with Gasteiger partial charge in [0.15, 0.2) is 5.13 Å². The highest BCUT2D eigenvalue weighted by molar-refractivity contribution is 7.16. The second-order valence-corrected chi connectivity index (χ2v) is 7.08. The van der Waals surface area contributed by atoms with Gasteiger partial charge in [-0.15, -0.1) is 11.3 Å². The van der Waals surface area contributed by atoms with Crippen LogP contribution in [0, 0.1) is 19.8 Å². The topological polar surface area (TPSA) is 72.7 Å². The number of rotatable bonds is 4. The molecule has 3 aromatic rings. The number of nitrogens with one attached hydrogen (secondary N) is 1. The van der Waals surface area contributed by atoms with E-state index in [9.17, 15) is 4.79 Å². The number of pyridine rings is 1. The molecule has 0 aliphatic heterocycles. The van der Waals surface area contributed by atoms with Crippen molar-refractivity contribution in [2.75, 3.05) is 5.32 Å². The smallest absolute Gasteiger partial charge is 0.249 e. The number of anilines is 2. The molecule has 3 heterocycles. The van der Waals surface area contributed by atoms with Gasteiger partial charge in [-0.2, -0.15) is 5.10 Å². The van der Waals surface area contributed by atoms with E-state index in [1.807, 2.05) is 45.9 Å². The Kier molecular flexibility index (Phi) is 4.44. The van der Waals surface area contributed by atoms with Gasteiger partial charge >= 0.3 is 0 Å². The fraction of sp³-hybridized carbons (Fsp3) is 0.294. The predicted molar refractivity (Wildman–Crippen MR) is 95.8 cm³/mol. The molecule has 0 bridgehead atoms. The van der Waals surface area contributed by atoms with Crippen molar-refractivity contribution in [2.45, 2.75) is 27.7 Å². The van der Waals surface area contributed by atoms with E-state index in [4.69, 9.17) is 0 Å². The highest BCUT2D eigenvalue weighted by atomic mass is 32.1. The average Bonchev–Trinajstić information content (AvgIpc) is 3.13. The lowest BCUT2D eigenvalue weighted by Gasteiger charge is -2.02. The first-order valence-corrected chi connectivity index (χ1v) is 8.53. The Bertz CT molecular complexity index is 881. The third-order valence-corrected chi connectivity index (χ3v) is 4.38. The van der Waals surface area contributed by atoms with Gasteiger partial charge in [0.25, 0.3) is 0 Å². The van der Waals surface area contributed by atoms with Crippen molar-refractivity contribution in [1.29, 1.82) is 0 Å². The summed E-state index contributed by atoms with van der Waals surface area (Å²) in [5.74, 6) is 0.635. The fourth-order valence-electron chi connectivity index (χ4n) is 2.27. The summed E-state index contributed by atoms with van der Waals surface area (Å²) in [5.41, 5.74) is 2.61. The molecule has 0 amide bonds. The summed E-state index contributed by atoms with van der Waals surface area (Å²) in [5, 5.41) is 8.15. The largest absolute Gasteiger partial charge is 0.316 e. The first-order valence-electron chi connectivity index (χ1n) is 7.71. The number of thiazole rings is 1. The lowest BCUT2D eigenvalue weighted by atomic mass is 10.2. The van der Waals surface area contributed by atoms with Crippen LogP contribution in [0.4, 0.5) is 10.9 Å². The van der Waals surface area contributed by atoms with Gasteiger partial charge in [-0.3, -0.25) is 4.79 Å². The second kappa shape index (κ2) is 6.52. The molecule has 1 N–H and O–H groups in total. The highest BCUT2D eigenvalue weighted by Crippen LogP contribution is 2.31. The first-order chi connectivity index (χ1) is 11.4. The van der Waals surface area contributed by atoms with Crippen molar-refractivity contribution in [3.63, 3.8) is 0 Å². The second-order valence-electron chi connectivity index (χ2n) is 5.88. The minimum atomic E-state index is -0.0982. The van der Waals surface area contributed by atoms with Crippen molar-refractivity contribution in [2.24, 2.45) is 5.92 Å². The van der Waals surface area contributed by atoms with E-state index in [2.05, 4.69) is 20.4 Å². The van der Waals surface area contributed by atoms with Gasteiger partial charge in [0.1, 0.15) is 5.82 Å². The van der Waals surface area contributed by atoms with Gasteiger partial charge in [-0.1, -0.05) is 19.9 Å². The van der Waals surface area contributed by atoms with Gasteiger partial charge < -0.3 is 5.32 Å². The normalized spacial score (nSPS) is 11.0. The molecule has 0 saturated heterocycles. The van der Waals surface area contributed by atoms with E-state index in [0.717, 1.165) is 32.8 Å². The van der Waals surface area contributed by atoms with Crippen LogP contribution < -0.4 is 5.32 Å². The van der Waals surface area contributed by atoms with E-state index in [1.165, 1.54) is 4.68 Å². The number of carbonyl (C=O) groups is 1. The lowest BCUT2D eigenvalue weighted by Crippen LogP contribution is -2.17. The van der Waals surface area contributed by atoms with Crippen molar-refractivity contribution >= 4 is 28.2 Å². The van der Waals surface area contributed by atoms with E-state index in [-0.39, 0.29) is 11.8 Å². The Hall–Kier alpha value is -2.54. The molecule has 0 aliphatic carbocycles. The lowest BCUT2D eigenvalue weighted by molar-refractivity contribution is 0.0838. The quantitative estimate of drug-likeness (QED) is 0.775. The molecule has 6 nitrogen and oxygen atoms in total. The summed E-state index contributed by atoms with van der Waals surface area (Å²) >= 11 is 1.55. The zero-order valence-electron chi connectivity index (χ0n) is 14.1. The fourth-order valence-corrected chi connectivity index (χ4v) is 3.11. The molecule has 0 aromatic carbocycles. The van der Waals surface area contributed by atoms with Crippen LogP contribution >= 0.6 is 11.3 Å². The van der Waals surface area contributed by atoms with Crippen LogP contribution in [0.15, 0.2) is 30.6 Å². The van der Waals surface area contributed by atoms with Gasteiger partial charge in [-0.05, 0) is 26.0 Å². The summed E-state index contributed by atoms with van der Waals surface area (Å²) in [4.78, 5) is 22.1. The monoisotopic (exact) mass is 341 g/mol. The molecular formula is C17H19N5OS. The standard InChI is InChI=1S/C17H19N5OS/c1-10(2)16(23)22-9-13(8-18-22)15-12(4)24-17(21-15)20-14-7-5-6-11(3)19-14/h5-10H,1-4H3,(H,19,20,21). The zero-order valence-corrected chi connectivity index (χ0v) is 14.9. The highest BCUT2D eigenvalue weighted by Gasteiger charge is 2.16. The number of aryl methyl sites for hydroxylation is 2. The SMILES string of the molecule is Cc1cccc(Nc2nc(-c3cnn(C(=O)C(C)C)c3)c(C)s2)n1. The average molecular weight is 341 g/mol. The van der Waals surface area contributed by atoms with Crippen molar-refractivity contribution in [3.05, 3.63) is 41.2 Å². The minimum absolute atomic E-state index is 0.0311. The maximum atomic E-state index is 12.0. The molecule has 0 fully saturated rings. The third-order valence-electron chi connectivity index (χ3n) is 3.50. The Morgan fingerprint density at radius 1 is 1.25 bits per heavy atom. The maximum absolute atomic E-state index is 12.0. The summed E-state index contributed by atoms with van der Waals surface area (Å²) in [7, 11) is 0. The number of nitrogens with zero attached hydrogens (tertiary/aromatic N) is 4. The van der Waals surface area contributed by atoms with Crippen LogP contribution in [0.3, 0.4) is 0 Å². The van der Waals surface area contributed by atoms with Gasteiger partial charge in [-0.25, -0.2) is 14.6 Å². The van der Waals surface area contributed by atoms with Crippen molar-refractivity contribution in [3.8, 4) is 11.3 Å². The van der Waals surface area contributed by atoms with Crippen LogP contribution in [-0.2, 0) is 0 Å². The summed E-state index contributed by atoms with van der Waals surface area (Å²) in [6, 6.07) is 5.81. The molecular weight excluding hydrogens is 322 g/mol. The number of hydrogen-bond donors (Lipinski definition) is 1. The van der Waals surface area contributed by atoms with Crippen LogP contribution in [0.2, 0.25) is 0 Å². The molecule has 3 rings (SSSR count). The molecule has 0 aliphatic rings. The van der Waals surface area contributed by atoms with Gasteiger partial charge in [0.2, 0.25) is 5.91 Å². The van der Waals surface area contributed by atoms with Crippen LogP contribution in [0.5, 0.6) is 0 Å². The number of carbonyl (C=O) groups excluding carboxylic acids is 1. The Morgan fingerprint density at radius 2 is 2.04 bits per heavy atom. The zero-order chi connectivity index (χ0) is 17.3. The molecule has 0 atom stereocenters. The van der Waals surface area contributed by atoms with E-state index in [0.29, 0.717) is 0 Å². The molecule has 7 heteroatoms. The summed E-state index contributed by atoms with van der Waals surface area (Å²) in [6.07, 6.45) is 3.41. The van der Waals surface area contributed by atoms with Crippen molar-refractivity contribution < 1.29 is 4.79 Å². The van der Waals surface area contributed by atoms with Crippen LogP contribution in [0.1, 0.15) is 29.2 Å². The first kappa shape index (κ1) is 16.3. The number of hydrogen-bond acceptors (Lipinski definition) is 6. The molecule has 0 unspecified atom stereocenters. The predicted octanol–water partition coefficient (Wildman–Crippen LogP) is 4.06. The molecule has 0 spiro atoms. The third kappa shape index (κ3) is 3.35. The van der Waals surface area contributed by atoms with Gasteiger partial charge in [0.05, 0.1) is 11.9 Å². The van der Waals surface area contributed by atoms with Gasteiger partial charge in [0, 0.05) is 28.2 Å². The Morgan fingerprint density at radius 3 is 2.75 bits per heavy atom. The number of aromatic nitrogens is 4. The minimum Gasteiger partial charge on any atom is -0.316 e. The maximum Gasteiger partial charge on any atom is 0.249 e. The Balaban J connectivity index is 1.85. The van der Waals surface area contributed by atoms with Crippen LogP contribution in [-0.4, -0.2) is 25.7 Å². The Labute approximate surface area is 144 Å². The van der Waals surface area contributed by atoms with E-state index in [1.54, 1.807) is 23.7 Å². The van der Waals surface area contributed by atoms with E-state index < -0.39 is 0 Å². The summed E-state index contributed by atoms with van der Waals surface area (Å²) in [6.45, 7) is 7.66. The van der Waals surface area contributed by atoms with Crippen LogP contribution in [0.25, 0.3) is 11.3 Å². The molecule has 0 radical (unpaired) electrons. The molecule has 124 valence electrons. The molecule has 0 saturated carbocycles.